The highest BCUT2D eigenvalue weighted by atomic mass is 16.7. The minimum atomic E-state index is -0.107. The number of carbonyl (C=O) groups is 1. The first kappa shape index (κ1) is 17.8. The highest BCUT2D eigenvalue weighted by Crippen LogP contribution is 2.36. The number of nitrogens with zero attached hydrogens (tertiary/aromatic N) is 2. The predicted octanol–water partition coefficient (Wildman–Crippen LogP) is 2.54. The minimum Gasteiger partial charge on any atom is -0.454 e. The molecule has 3 aromatic rings. The van der Waals surface area contributed by atoms with E-state index in [9.17, 15) is 4.79 Å². The summed E-state index contributed by atoms with van der Waals surface area (Å²) in [6.45, 7) is 1.76. The second kappa shape index (κ2) is 7.60. The van der Waals surface area contributed by atoms with Gasteiger partial charge in [0.1, 0.15) is 12.4 Å². The molecule has 2 aliphatic heterocycles. The van der Waals surface area contributed by atoms with E-state index in [1.165, 1.54) is 0 Å². The molecule has 2 aromatic carbocycles. The minimum absolute atomic E-state index is 0.00720. The van der Waals surface area contributed by atoms with Gasteiger partial charge in [0.25, 0.3) is 0 Å². The fourth-order valence-electron chi connectivity index (χ4n) is 3.66. The Balaban J connectivity index is 1.25. The number of hydrogen-bond donors (Lipinski definition) is 1. The van der Waals surface area contributed by atoms with Crippen molar-refractivity contribution in [2.75, 3.05) is 13.3 Å². The standard InChI is InChI=1S/C22H21N3O4/c26-22(8-15-4-2-1-3-5-15)24-10-17-12-25-18(11-23-21(25)13-27-17)16-6-7-19-20(9-16)29-14-28-19/h1-7,9,11,17H,8,10,12-14H2,(H,24,26)/t17-/m0/s1. The van der Waals surface area contributed by atoms with Crippen LogP contribution in [0.4, 0.5) is 0 Å². The van der Waals surface area contributed by atoms with Gasteiger partial charge in [-0.25, -0.2) is 4.98 Å². The lowest BCUT2D eigenvalue weighted by atomic mass is 10.1. The van der Waals surface area contributed by atoms with E-state index >= 15 is 0 Å². The molecule has 5 rings (SSSR count). The predicted molar refractivity (Wildman–Crippen MR) is 106 cm³/mol. The molecule has 0 fully saturated rings. The van der Waals surface area contributed by atoms with E-state index in [0.29, 0.717) is 26.1 Å². The smallest absolute Gasteiger partial charge is 0.231 e. The molecule has 1 aromatic heterocycles. The Morgan fingerprint density at radius 1 is 1.14 bits per heavy atom. The van der Waals surface area contributed by atoms with Gasteiger partial charge in [-0.3, -0.25) is 4.79 Å². The van der Waals surface area contributed by atoms with Gasteiger partial charge in [-0.05, 0) is 23.8 Å². The van der Waals surface area contributed by atoms with Gasteiger partial charge in [0.15, 0.2) is 11.5 Å². The second-order valence-electron chi connectivity index (χ2n) is 7.14. The Hall–Kier alpha value is -3.32. The molecular formula is C22H21N3O4. The topological polar surface area (TPSA) is 74.6 Å². The number of fused-ring (bicyclic) bond motifs is 2. The first-order valence-electron chi connectivity index (χ1n) is 9.63. The number of benzene rings is 2. The molecule has 3 heterocycles. The number of hydrogen-bond acceptors (Lipinski definition) is 5. The molecular weight excluding hydrogens is 370 g/mol. The molecule has 0 aliphatic carbocycles. The van der Waals surface area contributed by atoms with Crippen LogP contribution in [0, 0.1) is 0 Å². The quantitative estimate of drug-likeness (QED) is 0.724. The lowest BCUT2D eigenvalue weighted by Gasteiger charge is -2.26. The first-order chi connectivity index (χ1) is 14.3. The summed E-state index contributed by atoms with van der Waals surface area (Å²) in [6, 6.07) is 15.6. The maximum atomic E-state index is 12.2. The van der Waals surface area contributed by atoms with E-state index in [1.54, 1.807) is 0 Å². The molecule has 148 valence electrons. The number of amides is 1. The molecule has 1 N–H and O–H groups in total. The number of aromatic nitrogens is 2. The number of ether oxygens (including phenoxy) is 3. The van der Waals surface area contributed by atoms with E-state index in [0.717, 1.165) is 34.1 Å². The van der Waals surface area contributed by atoms with Gasteiger partial charge >= 0.3 is 0 Å². The molecule has 7 nitrogen and oxygen atoms in total. The molecule has 29 heavy (non-hydrogen) atoms. The van der Waals surface area contributed by atoms with Crippen LogP contribution in [0.3, 0.4) is 0 Å². The Kier molecular flexibility index (Phi) is 4.65. The van der Waals surface area contributed by atoms with Crippen molar-refractivity contribution >= 4 is 5.91 Å². The highest BCUT2D eigenvalue weighted by molar-refractivity contribution is 5.78. The molecule has 0 saturated carbocycles. The number of imidazole rings is 1. The third kappa shape index (κ3) is 3.69. The van der Waals surface area contributed by atoms with Crippen molar-refractivity contribution in [2.45, 2.75) is 25.7 Å². The molecule has 7 heteroatoms. The molecule has 0 spiro atoms. The van der Waals surface area contributed by atoms with E-state index in [2.05, 4.69) is 14.9 Å². The van der Waals surface area contributed by atoms with Gasteiger partial charge in [0, 0.05) is 12.1 Å². The fourth-order valence-corrected chi connectivity index (χ4v) is 3.66. The van der Waals surface area contributed by atoms with Crippen LogP contribution in [0.25, 0.3) is 11.3 Å². The number of nitrogens with one attached hydrogen (secondary N) is 1. The Labute approximate surface area is 168 Å². The van der Waals surface area contributed by atoms with Crippen molar-refractivity contribution < 1.29 is 19.0 Å². The number of carbonyl (C=O) groups excluding carboxylic acids is 1. The normalized spacial score (nSPS) is 17.0. The molecule has 0 bridgehead atoms. The fraction of sp³-hybridized carbons (Fsp3) is 0.273. The SMILES string of the molecule is O=C(Cc1ccccc1)NC[C@H]1Cn2c(-c3ccc4c(c3)OCO4)cnc2CO1. The van der Waals surface area contributed by atoms with Crippen molar-refractivity contribution in [3.05, 3.63) is 66.1 Å². The van der Waals surface area contributed by atoms with Gasteiger partial charge in [-0.1, -0.05) is 30.3 Å². The van der Waals surface area contributed by atoms with Crippen molar-refractivity contribution in [3.63, 3.8) is 0 Å². The van der Waals surface area contributed by atoms with E-state index in [1.807, 2.05) is 54.7 Å². The molecule has 0 unspecified atom stereocenters. The molecule has 0 saturated heterocycles. The molecule has 1 amide bonds. The maximum absolute atomic E-state index is 12.2. The van der Waals surface area contributed by atoms with E-state index < -0.39 is 0 Å². The van der Waals surface area contributed by atoms with Gasteiger partial charge in [-0.15, -0.1) is 0 Å². The zero-order valence-corrected chi connectivity index (χ0v) is 15.8. The summed E-state index contributed by atoms with van der Waals surface area (Å²) in [5, 5.41) is 2.98. The van der Waals surface area contributed by atoms with Crippen molar-refractivity contribution in [1.29, 1.82) is 0 Å². The van der Waals surface area contributed by atoms with E-state index in [-0.39, 0.29) is 18.8 Å². The lowest BCUT2D eigenvalue weighted by Crippen LogP contribution is -2.39. The Bertz CT molecular complexity index is 1030. The lowest BCUT2D eigenvalue weighted by molar-refractivity contribution is -0.121. The Morgan fingerprint density at radius 3 is 2.90 bits per heavy atom. The highest BCUT2D eigenvalue weighted by Gasteiger charge is 2.24. The summed E-state index contributed by atoms with van der Waals surface area (Å²) in [7, 11) is 0. The zero-order chi connectivity index (χ0) is 19.6. The second-order valence-corrected chi connectivity index (χ2v) is 7.14. The molecule has 2 aliphatic rings. The maximum Gasteiger partial charge on any atom is 0.231 e. The summed E-state index contributed by atoms with van der Waals surface area (Å²) >= 11 is 0. The van der Waals surface area contributed by atoms with Crippen LogP contribution in [-0.2, 0) is 29.1 Å². The van der Waals surface area contributed by atoms with Gasteiger partial charge in [0.05, 0.1) is 31.0 Å². The number of rotatable bonds is 5. The van der Waals surface area contributed by atoms with Crippen molar-refractivity contribution in [1.82, 2.24) is 14.9 Å². The van der Waals surface area contributed by atoms with Crippen LogP contribution >= 0.6 is 0 Å². The van der Waals surface area contributed by atoms with Crippen molar-refractivity contribution in [2.24, 2.45) is 0 Å². The summed E-state index contributed by atoms with van der Waals surface area (Å²) in [4.78, 5) is 16.7. The van der Waals surface area contributed by atoms with Crippen LogP contribution in [0.15, 0.2) is 54.7 Å². The van der Waals surface area contributed by atoms with Crippen LogP contribution in [0.2, 0.25) is 0 Å². The van der Waals surface area contributed by atoms with Gasteiger partial charge in [0.2, 0.25) is 12.7 Å². The third-order valence-corrected chi connectivity index (χ3v) is 5.18. The largest absolute Gasteiger partial charge is 0.454 e. The van der Waals surface area contributed by atoms with Crippen LogP contribution in [-0.4, -0.2) is 34.9 Å². The van der Waals surface area contributed by atoms with E-state index in [4.69, 9.17) is 14.2 Å². The van der Waals surface area contributed by atoms with Crippen LogP contribution in [0.5, 0.6) is 11.5 Å². The monoisotopic (exact) mass is 391 g/mol. The van der Waals surface area contributed by atoms with Gasteiger partial charge in [-0.2, -0.15) is 0 Å². The average molecular weight is 391 g/mol. The summed E-state index contributed by atoms with van der Waals surface area (Å²) in [6.07, 6.45) is 2.11. The first-order valence-corrected chi connectivity index (χ1v) is 9.63. The average Bonchev–Trinajstić information content (AvgIpc) is 3.39. The third-order valence-electron chi connectivity index (χ3n) is 5.18. The van der Waals surface area contributed by atoms with Gasteiger partial charge < -0.3 is 24.1 Å². The summed E-state index contributed by atoms with van der Waals surface area (Å²) in [5.74, 6) is 2.38. The zero-order valence-electron chi connectivity index (χ0n) is 15.8. The van der Waals surface area contributed by atoms with Crippen LogP contribution < -0.4 is 14.8 Å². The van der Waals surface area contributed by atoms with Crippen molar-refractivity contribution in [3.8, 4) is 22.8 Å². The Morgan fingerprint density at radius 2 is 2.00 bits per heavy atom. The summed E-state index contributed by atoms with van der Waals surface area (Å²) < 4.78 is 18.9. The molecule has 1 atom stereocenters. The molecule has 0 radical (unpaired) electrons. The summed E-state index contributed by atoms with van der Waals surface area (Å²) in [5.41, 5.74) is 3.01. The van der Waals surface area contributed by atoms with Crippen LogP contribution in [0.1, 0.15) is 11.4 Å².